The summed E-state index contributed by atoms with van der Waals surface area (Å²) in [5, 5.41) is 3.27. The molecule has 3 heteroatoms. The Morgan fingerprint density at radius 3 is 2.62 bits per heavy atom. The fraction of sp³-hybridized carbons (Fsp3) is 0.615. The van der Waals surface area contributed by atoms with Gasteiger partial charge in [-0.05, 0) is 30.9 Å². The number of aromatic nitrogens is 1. The second kappa shape index (κ2) is 5.30. The monoisotopic (exact) mass is 221 g/mol. The molecule has 3 nitrogen and oxygen atoms in total. The van der Waals surface area contributed by atoms with Crippen LogP contribution in [0.4, 0.5) is 5.82 Å². The zero-order valence-corrected chi connectivity index (χ0v) is 10.7. The van der Waals surface area contributed by atoms with Crippen molar-refractivity contribution >= 4 is 5.82 Å². The van der Waals surface area contributed by atoms with Crippen molar-refractivity contribution in [2.75, 3.05) is 11.9 Å². The van der Waals surface area contributed by atoms with Crippen LogP contribution >= 0.6 is 0 Å². The summed E-state index contributed by atoms with van der Waals surface area (Å²) in [7, 11) is 0. The van der Waals surface area contributed by atoms with Crippen molar-refractivity contribution in [3.05, 3.63) is 23.9 Å². The third-order valence-electron chi connectivity index (χ3n) is 2.31. The minimum Gasteiger partial charge on any atom is -0.369 e. The number of nitrogens with one attached hydrogen (secondary N) is 1. The highest BCUT2D eigenvalue weighted by molar-refractivity contribution is 5.35. The number of nitrogens with two attached hydrogens (primary N) is 1. The second-order valence-corrected chi connectivity index (χ2v) is 5.57. The van der Waals surface area contributed by atoms with E-state index in [9.17, 15) is 0 Å². The fourth-order valence-electron chi connectivity index (χ4n) is 1.74. The molecule has 1 aromatic heterocycles. The Morgan fingerprint density at radius 1 is 1.38 bits per heavy atom. The van der Waals surface area contributed by atoms with Crippen LogP contribution in [0.2, 0.25) is 0 Å². The molecular formula is C13H23N3. The largest absolute Gasteiger partial charge is 0.369 e. The van der Waals surface area contributed by atoms with E-state index in [4.69, 9.17) is 5.73 Å². The lowest BCUT2D eigenvalue weighted by molar-refractivity contribution is 0.344. The molecule has 1 unspecified atom stereocenters. The molecule has 16 heavy (non-hydrogen) atoms. The topological polar surface area (TPSA) is 50.9 Å². The van der Waals surface area contributed by atoms with Gasteiger partial charge < -0.3 is 11.1 Å². The first-order valence-corrected chi connectivity index (χ1v) is 5.80. The summed E-state index contributed by atoms with van der Waals surface area (Å²) in [6.45, 7) is 9.38. The van der Waals surface area contributed by atoms with Crippen molar-refractivity contribution in [3.8, 4) is 0 Å². The SMILES string of the molecule is Cc1cccc(NCC(N)CC(C)(C)C)n1. The van der Waals surface area contributed by atoms with Crippen molar-refractivity contribution in [2.45, 2.75) is 40.2 Å². The molecule has 1 atom stereocenters. The number of rotatable bonds is 4. The summed E-state index contributed by atoms with van der Waals surface area (Å²) < 4.78 is 0. The molecule has 1 aromatic rings. The molecule has 0 aliphatic heterocycles. The maximum absolute atomic E-state index is 6.06. The number of pyridine rings is 1. The van der Waals surface area contributed by atoms with Crippen LogP contribution in [0.1, 0.15) is 32.9 Å². The highest BCUT2D eigenvalue weighted by Crippen LogP contribution is 2.19. The van der Waals surface area contributed by atoms with Crippen LogP contribution in [0.15, 0.2) is 18.2 Å². The predicted molar refractivity (Wildman–Crippen MR) is 69.5 cm³/mol. The van der Waals surface area contributed by atoms with E-state index in [1.807, 2.05) is 25.1 Å². The molecule has 1 rings (SSSR count). The Balaban J connectivity index is 2.40. The van der Waals surface area contributed by atoms with E-state index in [0.29, 0.717) is 0 Å². The molecule has 0 bridgehead atoms. The van der Waals surface area contributed by atoms with Gasteiger partial charge in [0, 0.05) is 18.3 Å². The van der Waals surface area contributed by atoms with E-state index in [2.05, 4.69) is 31.1 Å². The number of hydrogen-bond acceptors (Lipinski definition) is 3. The summed E-state index contributed by atoms with van der Waals surface area (Å²) in [4.78, 5) is 4.37. The Bertz CT molecular complexity index is 328. The van der Waals surface area contributed by atoms with E-state index in [-0.39, 0.29) is 11.5 Å². The fourth-order valence-corrected chi connectivity index (χ4v) is 1.74. The number of anilines is 1. The molecule has 0 aliphatic carbocycles. The average molecular weight is 221 g/mol. The number of nitrogens with zero attached hydrogens (tertiary/aromatic N) is 1. The quantitative estimate of drug-likeness (QED) is 0.821. The van der Waals surface area contributed by atoms with Gasteiger partial charge in [-0.25, -0.2) is 4.98 Å². The highest BCUT2D eigenvalue weighted by Gasteiger charge is 2.15. The Kier molecular flexibility index (Phi) is 4.30. The van der Waals surface area contributed by atoms with E-state index in [0.717, 1.165) is 24.5 Å². The second-order valence-electron chi connectivity index (χ2n) is 5.57. The van der Waals surface area contributed by atoms with Crippen molar-refractivity contribution in [1.82, 2.24) is 4.98 Å². The predicted octanol–water partition coefficient (Wildman–Crippen LogP) is 2.57. The molecule has 0 saturated carbocycles. The van der Waals surface area contributed by atoms with E-state index in [1.165, 1.54) is 0 Å². The van der Waals surface area contributed by atoms with Gasteiger partial charge in [-0.3, -0.25) is 0 Å². The molecule has 90 valence electrons. The Hall–Kier alpha value is -1.09. The van der Waals surface area contributed by atoms with Crippen molar-refractivity contribution < 1.29 is 0 Å². The first-order chi connectivity index (χ1) is 7.37. The van der Waals surface area contributed by atoms with Crippen LogP contribution < -0.4 is 11.1 Å². The van der Waals surface area contributed by atoms with Crippen LogP contribution in [0.25, 0.3) is 0 Å². The first-order valence-electron chi connectivity index (χ1n) is 5.80. The van der Waals surface area contributed by atoms with Gasteiger partial charge in [-0.1, -0.05) is 26.8 Å². The standard InChI is InChI=1S/C13H23N3/c1-10-6-5-7-12(16-10)15-9-11(14)8-13(2,3)4/h5-7,11H,8-9,14H2,1-4H3,(H,15,16). The van der Waals surface area contributed by atoms with Gasteiger partial charge >= 0.3 is 0 Å². The summed E-state index contributed by atoms with van der Waals surface area (Å²) in [5.41, 5.74) is 7.36. The average Bonchev–Trinajstić information content (AvgIpc) is 2.12. The van der Waals surface area contributed by atoms with E-state index in [1.54, 1.807) is 0 Å². The molecule has 0 fully saturated rings. The molecule has 0 amide bonds. The smallest absolute Gasteiger partial charge is 0.126 e. The van der Waals surface area contributed by atoms with Gasteiger partial charge in [0.1, 0.15) is 5.82 Å². The lowest BCUT2D eigenvalue weighted by atomic mass is 9.88. The van der Waals surface area contributed by atoms with Crippen molar-refractivity contribution in [1.29, 1.82) is 0 Å². The van der Waals surface area contributed by atoms with Crippen LogP contribution in [0.3, 0.4) is 0 Å². The van der Waals surface area contributed by atoms with Crippen molar-refractivity contribution in [3.63, 3.8) is 0 Å². The lowest BCUT2D eigenvalue weighted by Gasteiger charge is -2.23. The van der Waals surface area contributed by atoms with Gasteiger partial charge in [0.05, 0.1) is 0 Å². The van der Waals surface area contributed by atoms with Gasteiger partial charge in [0.15, 0.2) is 0 Å². The zero-order valence-electron chi connectivity index (χ0n) is 10.7. The zero-order chi connectivity index (χ0) is 12.2. The number of aryl methyl sites for hydroxylation is 1. The van der Waals surface area contributed by atoms with Crippen LogP contribution in [0.5, 0.6) is 0 Å². The molecule has 0 radical (unpaired) electrons. The van der Waals surface area contributed by atoms with E-state index >= 15 is 0 Å². The maximum atomic E-state index is 6.06. The summed E-state index contributed by atoms with van der Waals surface area (Å²) in [6, 6.07) is 6.12. The van der Waals surface area contributed by atoms with Crippen LogP contribution in [0, 0.1) is 12.3 Å². The molecule has 0 saturated heterocycles. The van der Waals surface area contributed by atoms with Gasteiger partial charge in [-0.15, -0.1) is 0 Å². The van der Waals surface area contributed by atoms with Crippen LogP contribution in [-0.2, 0) is 0 Å². The molecule has 0 spiro atoms. The summed E-state index contributed by atoms with van der Waals surface area (Å²) >= 11 is 0. The maximum Gasteiger partial charge on any atom is 0.126 e. The van der Waals surface area contributed by atoms with Gasteiger partial charge in [0.25, 0.3) is 0 Å². The third kappa shape index (κ3) is 5.12. The minimum absolute atomic E-state index is 0.169. The lowest BCUT2D eigenvalue weighted by Crippen LogP contribution is -2.33. The third-order valence-corrected chi connectivity index (χ3v) is 2.31. The number of hydrogen-bond donors (Lipinski definition) is 2. The molecule has 0 aliphatic rings. The summed E-state index contributed by atoms with van der Waals surface area (Å²) in [5.74, 6) is 0.907. The van der Waals surface area contributed by atoms with Gasteiger partial charge in [0.2, 0.25) is 0 Å². The van der Waals surface area contributed by atoms with E-state index < -0.39 is 0 Å². The van der Waals surface area contributed by atoms with Crippen LogP contribution in [-0.4, -0.2) is 17.6 Å². The Morgan fingerprint density at radius 2 is 2.06 bits per heavy atom. The normalized spacial score (nSPS) is 13.6. The Labute approximate surface area is 98.5 Å². The first kappa shape index (κ1) is 13.0. The molecular weight excluding hydrogens is 198 g/mol. The van der Waals surface area contributed by atoms with Crippen molar-refractivity contribution in [2.24, 2.45) is 11.1 Å². The minimum atomic E-state index is 0.169. The highest BCUT2D eigenvalue weighted by atomic mass is 15.0. The molecule has 1 heterocycles. The van der Waals surface area contributed by atoms with Gasteiger partial charge in [-0.2, -0.15) is 0 Å². The summed E-state index contributed by atoms with van der Waals surface area (Å²) in [6.07, 6.45) is 1.01. The molecule has 0 aromatic carbocycles. The molecule has 3 N–H and O–H groups in total.